The Morgan fingerprint density at radius 1 is 1.12 bits per heavy atom. The summed E-state index contributed by atoms with van der Waals surface area (Å²) in [6.45, 7) is 11.2. The van der Waals surface area contributed by atoms with Crippen LogP contribution in [0.3, 0.4) is 0 Å². The first-order valence-corrected chi connectivity index (χ1v) is 9.18. The van der Waals surface area contributed by atoms with Crippen LogP contribution in [0.1, 0.15) is 64.2 Å². The number of ether oxygens (including phenoxy) is 3. The number of rotatable bonds is 2. The van der Waals surface area contributed by atoms with Gasteiger partial charge in [-0.3, -0.25) is 0 Å². The smallest absolute Gasteiger partial charge is 0.145 e. The van der Waals surface area contributed by atoms with Crippen molar-refractivity contribution in [3.8, 4) is 17.2 Å². The molecule has 3 aliphatic heterocycles. The van der Waals surface area contributed by atoms with Gasteiger partial charge in [0.25, 0.3) is 0 Å². The molecule has 0 amide bonds. The molecule has 0 atom stereocenters. The largest absolute Gasteiger partial charge is 0.488 e. The van der Waals surface area contributed by atoms with E-state index < -0.39 is 0 Å². The van der Waals surface area contributed by atoms with Crippen molar-refractivity contribution in [2.24, 2.45) is 0 Å². The molecular formula is C22H26O3. The van der Waals surface area contributed by atoms with E-state index in [1.165, 1.54) is 11.1 Å². The van der Waals surface area contributed by atoms with Crippen molar-refractivity contribution >= 4 is 11.6 Å². The molecule has 3 heteroatoms. The molecule has 0 bridgehead atoms. The summed E-state index contributed by atoms with van der Waals surface area (Å²) in [4.78, 5) is 0. The molecule has 0 aliphatic carbocycles. The van der Waals surface area contributed by atoms with E-state index in [0.29, 0.717) is 6.61 Å². The van der Waals surface area contributed by atoms with E-state index in [1.54, 1.807) is 0 Å². The third kappa shape index (κ3) is 2.57. The number of fused-ring (bicyclic) bond motifs is 6. The van der Waals surface area contributed by atoms with Gasteiger partial charge in [0.2, 0.25) is 0 Å². The molecule has 0 N–H and O–H groups in total. The first kappa shape index (κ1) is 16.3. The lowest BCUT2D eigenvalue weighted by molar-refractivity contribution is 0.156. The highest BCUT2D eigenvalue weighted by molar-refractivity contribution is 5.86. The van der Waals surface area contributed by atoms with Gasteiger partial charge in [0.15, 0.2) is 0 Å². The predicted molar refractivity (Wildman–Crippen MR) is 101 cm³/mol. The van der Waals surface area contributed by atoms with Crippen LogP contribution in [0.15, 0.2) is 23.5 Å². The van der Waals surface area contributed by atoms with E-state index in [9.17, 15) is 0 Å². The summed E-state index contributed by atoms with van der Waals surface area (Å²) in [5, 5.41) is 0. The molecule has 0 unspecified atom stereocenters. The molecule has 1 aromatic carbocycles. The molecule has 25 heavy (non-hydrogen) atoms. The van der Waals surface area contributed by atoms with Crippen LogP contribution in [0.5, 0.6) is 17.2 Å². The molecule has 3 heterocycles. The molecule has 0 aromatic heterocycles. The minimum absolute atomic E-state index is 0.334. The van der Waals surface area contributed by atoms with Crippen LogP contribution >= 0.6 is 0 Å². The zero-order valence-electron chi connectivity index (χ0n) is 15.8. The van der Waals surface area contributed by atoms with Gasteiger partial charge in [-0.15, -0.1) is 0 Å². The summed E-state index contributed by atoms with van der Waals surface area (Å²) < 4.78 is 18.8. The van der Waals surface area contributed by atoms with Crippen LogP contribution in [0, 0.1) is 0 Å². The topological polar surface area (TPSA) is 27.7 Å². The number of hydrogen-bond donors (Lipinski definition) is 0. The maximum absolute atomic E-state index is 6.42. The lowest BCUT2D eigenvalue weighted by Gasteiger charge is -2.35. The van der Waals surface area contributed by atoms with Crippen LogP contribution in [0.2, 0.25) is 0 Å². The average molecular weight is 338 g/mol. The van der Waals surface area contributed by atoms with Crippen LogP contribution in [0.4, 0.5) is 0 Å². The molecule has 0 radical (unpaired) electrons. The average Bonchev–Trinajstić information content (AvgIpc) is 2.56. The Bertz CT molecular complexity index is 838. The van der Waals surface area contributed by atoms with Gasteiger partial charge in [-0.05, 0) is 63.5 Å². The fraction of sp³-hybridized carbons (Fsp3) is 0.455. The van der Waals surface area contributed by atoms with Crippen molar-refractivity contribution in [2.45, 2.75) is 59.5 Å². The van der Waals surface area contributed by atoms with Crippen LogP contribution in [0.25, 0.3) is 11.6 Å². The maximum Gasteiger partial charge on any atom is 0.145 e. The van der Waals surface area contributed by atoms with Gasteiger partial charge < -0.3 is 14.2 Å². The van der Waals surface area contributed by atoms with Gasteiger partial charge in [0, 0.05) is 12.0 Å². The highest BCUT2D eigenvalue weighted by Crippen LogP contribution is 2.54. The van der Waals surface area contributed by atoms with E-state index in [1.807, 2.05) is 6.92 Å². The molecule has 1 aromatic rings. The van der Waals surface area contributed by atoms with Gasteiger partial charge >= 0.3 is 0 Å². The first-order valence-electron chi connectivity index (χ1n) is 9.18. The summed E-state index contributed by atoms with van der Waals surface area (Å²) in [5.74, 6) is 3.75. The normalized spacial score (nSPS) is 19.8. The summed E-state index contributed by atoms with van der Waals surface area (Å²) in [5.41, 5.74) is 5.59. The zero-order chi connectivity index (χ0) is 17.8. The number of benzene rings is 1. The summed E-state index contributed by atoms with van der Waals surface area (Å²) in [7, 11) is 0. The Balaban J connectivity index is 2.00. The Morgan fingerprint density at radius 3 is 2.68 bits per heavy atom. The molecule has 4 rings (SSSR count). The third-order valence-corrected chi connectivity index (χ3v) is 5.20. The highest BCUT2D eigenvalue weighted by atomic mass is 16.5. The zero-order valence-corrected chi connectivity index (χ0v) is 15.8. The minimum Gasteiger partial charge on any atom is -0.488 e. The Labute approximate surface area is 150 Å². The van der Waals surface area contributed by atoms with E-state index >= 15 is 0 Å². The minimum atomic E-state index is -0.334. The molecule has 132 valence electrons. The van der Waals surface area contributed by atoms with E-state index in [2.05, 4.69) is 45.9 Å². The van der Waals surface area contributed by atoms with Crippen molar-refractivity contribution < 1.29 is 14.2 Å². The molecule has 3 nitrogen and oxygen atoms in total. The standard InChI is InChI=1S/C22H26O3/c1-6-7-15-9-11-23-20-17-12-13(2)14(3)24-19(17)16-8-10-22(4,5)25-21(16)18(15)20/h8-10H,6-7,11-12H2,1-5H3. The van der Waals surface area contributed by atoms with Crippen molar-refractivity contribution in [1.29, 1.82) is 0 Å². The van der Waals surface area contributed by atoms with Crippen molar-refractivity contribution in [3.63, 3.8) is 0 Å². The fourth-order valence-electron chi connectivity index (χ4n) is 3.78. The lowest BCUT2D eigenvalue weighted by atomic mass is 9.86. The molecule has 0 spiro atoms. The second-order valence-electron chi connectivity index (χ2n) is 7.70. The second-order valence-corrected chi connectivity index (χ2v) is 7.70. The summed E-state index contributed by atoms with van der Waals surface area (Å²) >= 11 is 0. The number of hydrogen-bond acceptors (Lipinski definition) is 3. The summed E-state index contributed by atoms with van der Waals surface area (Å²) in [6, 6.07) is 0. The van der Waals surface area contributed by atoms with Gasteiger partial charge in [-0.25, -0.2) is 0 Å². The molecule has 0 saturated heterocycles. The molecule has 3 aliphatic rings. The van der Waals surface area contributed by atoms with Gasteiger partial charge in [-0.1, -0.05) is 13.3 Å². The molecular weight excluding hydrogens is 312 g/mol. The molecule has 0 fully saturated rings. The van der Waals surface area contributed by atoms with Crippen LogP contribution < -0.4 is 14.2 Å². The van der Waals surface area contributed by atoms with Gasteiger partial charge in [0.05, 0.1) is 11.1 Å². The third-order valence-electron chi connectivity index (χ3n) is 5.20. The van der Waals surface area contributed by atoms with Gasteiger partial charge in [-0.2, -0.15) is 0 Å². The Kier molecular flexibility index (Phi) is 3.71. The lowest BCUT2D eigenvalue weighted by Crippen LogP contribution is -2.29. The monoisotopic (exact) mass is 338 g/mol. The molecule has 0 saturated carbocycles. The van der Waals surface area contributed by atoms with E-state index in [0.717, 1.165) is 59.0 Å². The van der Waals surface area contributed by atoms with E-state index in [-0.39, 0.29) is 5.60 Å². The van der Waals surface area contributed by atoms with Gasteiger partial charge in [0.1, 0.15) is 35.2 Å². The SMILES string of the molecule is CCCC1=CCOc2c3c(c4c(c21)OC(C)(C)C=C4)OC(C)=C(C)C3. The maximum atomic E-state index is 6.42. The summed E-state index contributed by atoms with van der Waals surface area (Å²) in [6.07, 6.45) is 9.47. The Morgan fingerprint density at radius 2 is 1.92 bits per heavy atom. The fourth-order valence-corrected chi connectivity index (χ4v) is 3.78. The van der Waals surface area contributed by atoms with Crippen LogP contribution in [-0.4, -0.2) is 12.2 Å². The quantitative estimate of drug-likeness (QED) is 0.695. The highest BCUT2D eigenvalue weighted by Gasteiger charge is 2.35. The van der Waals surface area contributed by atoms with Crippen molar-refractivity contribution in [2.75, 3.05) is 6.61 Å². The van der Waals surface area contributed by atoms with Crippen LogP contribution in [-0.2, 0) is 6.42 Å². The second kappa shape index (κ2) is 5.69. The number of allylic oxidation sites excluding steroid dienone is 3. The first-order chi connectivity index (χ1) is 11.9. The van der Waals surface area contributed by atoms with E-state index in [4.69, 9.17) is 14.2 Å². The van der Waals surface area contributed by atoms with Crippen molar-refractivity contribution in [3.05, 3.63) is 40.2 Å². The Hall–Kier alpha value is -2.16. The predicted octanol–water partition coefficient (Wildman–Crippen LogP) is 5.68. The van der Waals surface area contributed by atoms with Crippen molar-refractivity contribution in [1.82, 2.24) is 0 Å².